The molecule has 0 spiro atoms. The largest absolute Gasteiger partial charge is 0.389 e. The van der Waals surface area contributed by atoms with Crippen molar-refractivity contribution < 1.29 is 10.0 Å². The maximum absolute atomic E-state index is 11.3. The number of likely N-dealkylation sites (N-methyl/N-ethyl adjacent to an activating group) is 1. The molecule has 92 valence electrons. The van der Waals surface area contributed by atoms with Crippen LogP contribution in [-0.2, 0) is 0 Å². The molecule has 2 rings (SSSR count). The first kappa shape index (κ1) is 12.0. The van der Waals surface area contributed by atoms with Crippen LogP contribution in [0.3, 0.4) is 0 Å². The summed E-state index contributed by atoms with van der Waals surface area (Å²) in [5, 5.41) is 20.8. The summed E-state index contributed by atoms with van der Waals surface area (Å²) >= 11 is 0. The molecular weight excluding hydrogens is 220 g/mol. The fourth-order valence-corrected chi connectivity index (χ4v) is 2.63. The maximum atomic E-state index is 11.3. The van der Waals surface area contributed by atoms with Crippen molar-refractivity contribution in [2.24, 2.45) is 0 Å². The summed E-state index contributed by atoms with van der Waals surface area (Å²) in [4.78, 5) is 12.9. The van der Waals surface area contributed by atoms with Crippen LogP contribution in [0.5, 0.6) is 0 Å². The molecule has 1 saturated heterocycles. The Labute approximate surface area is 99.8 Å². The zero-order valence-electron chi connectivity index (χ0n) is 9.74. The summed E-state index contributed by atoms with van der Waals surface area (Å²) in [5.41, 5.74) is -0.349. The molecular formula is C12H16N2O3. The van der Waals surface area contributed by atoms with Gasteiger partial charge in [0.25, 0.3) is 5.54 Å². The summed E-state index contributed by atoms with van der Waals surface area (Å²) in [6.07, 6.45) is 0. The predicted molar refractivity (Wildman–Crippen MR) is 63.5 cm³/mol. The quantitative estimate of drug-likeness (QED) is 0.620. The number of aliphatic hydroxyl groups is 1. The number of likely N-dealkylation sites (tertiary alicyclic amines) is 1. The van der Waals surface area contributed by atoms with Gasteiger partial charge in [-0.25, -0.2) is 0 Å². The standard InChI is InChI=1S/C12H16N2O3/c1-13-7-11(10-5-3-2-4-6-10)12(8-13,9-15)14(16)17/h2-6,11,15H,7-9H2,1H3/t11-,12-/m0/s1. The van der Waals surface area contributed by atoms with Crippen LogP contribution in [-0.4, -0.2) is 47.2 Å². The Bertz CT molecular complexity index is 409. The third-order valence-electron chi connectivity index (χ3n) is 3.53. The molecule has 0 amide bonds. The molecule has 0 bridgehead atoms. The van der Waals surface area contributed by atoms with Gasteiger partial charge in [-0.05, 0) is 12.6 Å². The molecule has 0 unspecified atom stereocenters. The molecule has 17 heavy (non-hydrogen) atoms. The second-order valence-electron chi connectivity index (χ2n) is 4.68. The van der Waals surface area contributed by atoms with Gasteiger partial charge < -0.3 is 5.11 Å². The minimum Gasteiger partial charge on any atom is -0.389 e. The van der Waals surface area contributed by atoms with E-state index >= 15 is 0 Å². The molecule has 1 heterocycles. The second-order valence-corrected chi connectivity index (χ2v) is 4.68. The predicted octanol–water partition coefficient (Wildman–Crippen LogP) is 0.723. The van der Waals surface area contributed by atoms with E-state index in [0.29, 0.717) is 6.54 Å². The third kappa shape index (κ3) is 1.92. The first-order valence-corrected chi connectivity index (χ1v) is 5.59. The number of benzene rings is 1. The van der Waals surface area contributed by atoms with E-state index in [1.54, 1.807) is 0 Å². The number of nitro groups is 1. The molecule has 1 aromatic carbocycles. The molecule has 5 nitrogen and oxygen atoms in total. The van der Waals surface area contributed by atoms with Crippen molar-refractivity contribution >= 4 is 0 Å². The number of rotatable bonds is 3. The van der Waals surface area contributed by atoms with Gasteiger partial charge in [-0.15, -0.1) is 0 Å². The summed E-state index contributed by atoms with van der Waals surface area (Å²) in [6.45, 7) is 0.464. The van der Waals surface area contributed by atoms with Gasteiger partial charge in [0.05, 0.1) is 12.5 Å². The molecule has 0 saturated carbocycles. The van der Waals surface area contributed by atoms with Crippen LogP contribution in [0.4, 0.5) is 0 Å². The van der Waals surface area contributed by atoms with E-state index in [2.05, 4.69) is 0 Å². The molecule has 0 aliphatic carbocycles. The maximum Gasteiger partial charge on any atom is 0.265 e. The summed E-state index contributed by atoms with van der Waals surface area (Å²) in [7, 11) is 1.84. The Morgan fingerprint density at radius 3 is 2.71 bits per heavy atom. The lowest BCUT2D eigenvalue weighted by molar-refractivity contribution is -0.572. The van der Waals surface area contributed by atoms with Crippen LogP contribution in [0.2, 0.25) is 0 Å². The summed E-state index contributed by atoms with van der Waals surface area (Å²) < 4.78 is 0. The van der Waals surface area contributed by atoms with Crippen molar-refractivity contribution in [1.29, 1.82) is 0 Å². The highest BCUT2D eigenvalue weighted by Gasteiger charge is 2.56. The topological polar surface area (TPSA) is 66.6 Å². The molecule has 1 aliphatic heterocycles. The highest BCUT2D eigenvalue weighted by Crippen LogP contribution is 2.37. The van der Waals surface area contributed by atoms with E-state index in [4.69, 9.17) is 0 Å². The SMILES string of the molecule is CN1C[C@@H](c2ccccc2)[C@](CO)([N+](=O)[O-])C1. The Balaban J connectivity index is 2.41. The number of nitrogens with zero attached hydrogens (tertiary/aromatic N) is 2. The monoisotopic (exact) mass is 236 g/mol. The van der Waals surface area contributed by atoms with Crippen molar-refractivity contribution in [2.75, 3.05) is 26.7 Å². The van der Waals surface area contributed by atoms with E-state index in [1.807, 2.05) is 42.3 Å². The molecule has 0 radical (unpaired) electrons. The van der Waals surface area contributed by atoms with Crippen LogP contribution in [0.1, 0.15) is 11.5 Å². The van der Waals surface area contributed by atoms with Gasteiger partial charge in [0, 0.05) is 11.5 Å². The Morgan fingerprint density at radius 1 is 1.53 bits per heavy atom. The smallest absolute Gasteiger partial charge is 0.265 e. The minimum absolute atomic E-state index is 0.256. The molecule has 5 heteroatoms. The summed E-state index contributed by atoms with van der Waals surface area (Å²) in [5.74, 6) is -0.256. The molecule has 1 aromatic rings. The Kier molecular flexibility index (Phi) is 3.13. The molecule has 1 N–H and O–H groups in total. The average molecular weight is 236 g/mol. The highest BCUT2D eigenvalue weighted by molar-refractivity contribution is 5.26. The molecule has 0 aromatic heterocycles. The van der Waals surface area contributed by atoms with Crippen LogP contribution < -0.4 is 0 Å². The van der Waals surface area contributed by atoms with Crippen molar-refractivity contribution in [1.82, 2.24) is 4.90 Å². The van der Waals surface area contributed by atoms with E-state index < -0.39 is 12.1 Å². The van der Waals surface area contributed by atoms with Crippen molar-refractivity contribution in [3.8, 4) is 0 Å². The Hall–Kier alpha value is -1.46. The van der Waals surface area contributed by atoms with E-state index in [1.165, 1.54) is 0 Å². The van der Waals surface area contributed by atoms with Gasteiger partial charge in [-0.2, -0.15) is 0 Å². The van der Waals surface area contributed by atoms with Crippen molar-refractivity contribution in [3.63, 3.8) is 0 Å². The van der Waals surface area contributed by atoms with E-state index in [9.17, 15) is 15.2 Å². The molecule has 2 atom stereocenters. The normalized spacial score (nSPS) is 29.4. The summed E-state index contributed by atoms with van der Waals surface area (Å²) in [6, 6.07) is 9.40. The van der Waals surface area contributed by atoms with Gasteiger partial charge >= 0.3 is 0 Å². The number of aliphatic hydroxyl groups excluding tert-OH is 1. The van der Waals surface area contributed by atoms with Gasteiger partial charge in [0.1, 0.15) is 6.61 Å². The van der Waals surface area contributed by atoms with Crippen LogP contribution >= 0.6 is 0 Å². The van der Waals surface area contributed by atoms with Crippen molar-refractivity contribution in [3.05, 3.63) is 46.0 Å². The zero-order valence-corrected chi connectivity index (χ0v) is 9.74. The number of hydrogen-bond acceptors (Lipinski definition) is 4. The second kappa shape index (κ2) is 4.43. The zero-order chi connectivity index (χ0) is 12.5. The lowest BCUT2D eigenvalue weighted by Crippen LogP contribution is -2.48. The fourth-order valence-electron chi connectivity index (χ4n) is 2.63. The van der Waals surface area contributed by atoms with Crippen LogP contribution in [0.15, 0.2) is 30.3 Å². The van der Waals surface area contributed by atoms with Crippen LogP contribution in [0, 0.1) is 10.1 Å². The van der Waals surface area contributed by atoms with Crippen molar-refractivity contribution in [2.45, 2.75) is 11.5 Å². The average Bonchev–Trinajstić information content (AvgIpc) is 2.69. The molecule has 1 fully saturated rings. The number of hydrogen-bond donors (Lipinski definition) is 1. The lowest BCUT2D eigenvalue weighted by Gasteiger charge is -2.24. The third-order valence-corrected chi connectivity index (χ3v) is 3.53. The van der Waals surface area contributed by atoms with Gasteiger partial charge in [-0.3, -0.25) is 15.0 Å². The molecule has 1 aliphatic rings. The van der Waals surface area contributed by atoms with E-state index in [0.717, 1.165) is 5.56 Å². The first-order valence-electron chi connectivity index (χ1n) is 5.59. The lowest BCUT2D eigenvalue weighted by atomic mass is 9.83. The fraction of sp³-hybridized carbons (Fsp3) is 0.500. The highest BCUT2D eigenvalue weighted by atomic mass is 16.6. The van der Waals surface area contributed by atoms with Crippen LogP contribution in [0.25, 0.3) is 0 Å². The minimum atomic E-state index is -1.27. The van der Waals surface area contributed by atoms with Gasteiger partial charge in [0.2, 0.25) is 0 Å². The first-order chi connectivity index (χ1) is 8.10. The van der Waals surface area contributed by atoms with Gasteiger partial charge in [-0.1, -0.05) is 30.3 Å². The Morgan fingerprint density at radius 2 is 2.18 bits per heavy atom. The van der Waals surface area contributed by atoms with Gasteiger partial charge in [0.15, 0.2) is 0 Å². The van der Waals surface area contributed by atoms with E-state index in [-0.39, 0.29) is 17.4 Å².